The number of aliphatic hydroxyl groups excluding tert-OH is 1. The maximum absolute atomic E-state index is 13.7. The van der Waals surface area contributed by atoms with Gasteiger partial charge in [0.2, 0.25) is 0 Å². The lowest BCUT2D eigenvalue weighted by atomic mass is 10.1. The molecule has 3 nitrogen and oxygen atoms in total. The number of rotatable bonds is 6. The van der Waals surface area contributed by atoms with Crippen LogP contribution in [0.25, 0.3) is 0 Å². The summed E-state index contributed by atoms with van der Waals surface area (Å²) in [6.45, 7) is 0.151. The molecule has 0 atom stereocenters. The van der Waals surface area contributed by atoms with Gasteiger partial charge in [0.25, 0.3) is 5.91 Å². The molecule has 0 aliphatic heterocycles. The molecule has 0 aliphatic rings. The summed E-state index contributed by atoms with van der Waals surface area (Å²) >= 11 is 0. The van der Waals surface area contributed by atoms with Crippen LogP contribution in [-0.2, 0) is 6.42 Å². The molecule has 1 N–H and O–H groups in total. The topological polar surface area (TPSA) is 40.5 Å². The van der Waals surface area contributed by atoms with Gasteiger partial charge in [-0.25, -0.2) is 8.78 Å². The predicted octanol–water partition coefficient (Wildman–Crippen LogP) is 2.64. The Morgan fingerprint density at radius 3 is 2.45 bits per heavy atom. The summed E-state index contributed by atoms with van der Waals surface area (Å²) in [7, 11) is 0. The van der Waals surface area contributed by atoms with Gasteiger partial charge in [-0.05, 0) is 30.2 Å². The average Bonchev–Trinajstić information content (AvgIpc) is 2.54. The number of amides is 1. The number of halogens is 2. The predicted molar refractivity (Wildman–Crippen MR) is 79.5 cm³/mol. The molecule has 0 aliphatic carbocycles. The van der Waals surface area contributed by atoms with Crippen LogP contribution in [-0.4, -0.2) is 35.6 Å². The van der Waals surface area contributed by atoms with Crippen LogP contribution in [0.1, 0.15) is 15.9 Å². The molecule has 0 unspecified atom stereocenters. The van der Waals surface area contributed by atoms with Crippen molar-refractivity contribution in [1.29, 1.82) is 0 Å². The zero-order valence-corrected chi connectivity index (χ0v) is 12.0. The van der Waals surface area contributed by atoms with Gasteiger partial charge in [-0.1, -0.05) is 30.3 Å². The van der Waals surface area contributed by atoms with Gasteiger partial charge in [0, 0.05) is 13.1 Å². The molecular formula is C17H17F2NO2. The van der Waals surface area contributed by atoms with E-state index in [0.29, 0.717) is 13.0 Å². The molecule has 0 radical (unpaired) electrons. The molecule has 0 spiro atoms. The summed E-state index contributed by atoms with van der Waals surface area (Å²) < 4.78 is 26.9. The number of aliphatic hydroxyl groups is 1. The Kier molecular flexibility index (Phi) is 5.61. The van der Waals surface area contributed by atoms with Crippen LogP contribution in [0.3, 0.4) is 0 Å². The Morgan fingerprint density at radius 1 is 1.05 bits per heavy atom. The van der Waals surface area contributed by atoms with Crippen molar-refractivity contribution in [2.24, 2.45) is 0 Å². The molecule has 0 saturated carbocycles. The minimum atomic E-state index is -0.769. The smallest absolute Gasteiger partial charge is 0.257 e. The normalized spacial score (nSPS) is 10.5. The number of carbonyl (C=O) groups excluding carboxylic acids is 1. The summed E-state index contributed by atoms with van der Waals surface area (Å²) in [6.07, 6.45) is 0.573. The summed E-state index contributed by atoms with van der Waals surface area (Å²) in [4.78, 5) is 13.7. The van der Waals surface area contributed by atoms with Crippen LogP contribution in [0.4, 0.5) is 8.78 Å². The Hall–Kier alpha value is -2.27. The highest BCUT2D eigenvalue weighted by Gasteiger charge is 2.19. The Balaban J connectivity index is 2.12. The van der Waals surface area contributed by atoms with Crippen LogP contribution in [0.15, 0.2) is 48.5 Å². The van der Waals surface area contributed by atoms with Gasteiger partial charge in [-0.2, -0.15) is 0 Å². The molecule has 2 aromatic carbocycles. The van der Waals surface area contributed by atoms with Crippen molar-refractivity contribution in [2.45, 2.75) is 6.42 Å². The van der Waals surface area contributed by atoms with Crippen molar-refractivity contribution in [3.05, 3.63) is 71.3 Å². The van der Waals surface area contributed by atoms with Gasteiger partial charge in [0.1, 0.15) is 11.6 Å². The summed E-state index contributed by atoms with van der Waals surface area (Å²) in [6, 6.07) is 12.3. The largest absolute Gasteiger partial charge is 0.395 e. The zero-order chi connectivity index (χ0) is 15.9. The fourth-order valence-electron chi connectivity index (χ4n) is 2.18. The number of hydrogen-bond acceptors (Lipinski definition) is 2. The highest BCUT2D eigenvalue weighted by atomic mass is 19.1. The molecule has 2 aromatic rings. The molecule has 116 valence electrons. The average molecular weight is 305 g/mol. The molecule has 0 bridgehead atoms. The van der Waals surface area contributed by atoms with E-state index in [-0.39, 0.29) is 18.7 Å². The van der Waals surface area contributed by atoms with E-state index < -0.39 is 17.5 Å². The van der Waals surface area contributed by atoms with Crippen molar-refractivity contribution in [1.82, 2.24) is 4.90 Å². The third-order valence-corrected chi connectivity index (χ3v) is 3.33. The molecule has 1 amide bonds. The molecule has 0 heterocycles. The number of hydrogen-bond donors (Lipinski definition) is 1. The van der Waals surface area contributed by atoms with E-state index in [1.165, 1.54) is 4.90 Å². The second kappa shape index (κ2) is 7.66. The number of carbonyl (C=O) groups is 1. The molecule has 0 fully saturated rings. The van der Waals surface area contributed by atoms with Crippen molar-refractivity contribution in [3.8, 4) is 0 Å². The lowest BCUT2D eigenvalue weighted by molar-refractivity contribution is 0.0718. The number of nitrogens with zero attached hydrogens (tertiary/aromatic N) is 1. The van der Waals surface area contributed by atoms with Crippen molar-refractivity contribution >= 4 is 5.91 Å². The van der Waals surface area contributed by atoms with Gasteiger partial charge in [0.15, 0.2) is 0 Å². The van der Waals surface area contributed by atoms with E-state index in [0.717, 1.165) is 23.8 Å². The second-order valence-corrected chi connectivity index (χ2v) is 4.88. The van der Waals surface area contributed by atoms with Crippen LogP contribution < -0.4 is 0 Å². The lowest BCUT2D eigenvalue weighted by Crippen LogP contribution is -2.35. The van der Waals surface area contributed by atoms with Gasteiger partial charge < -0.3 is 10.0 Å². The molecule has 0 saturated heterocycles. The van der Waals surface area contributed by atoms with Gasteiger partial charge in [0.05, 0.1) is 12.2 Å². The minimum absolute atomic E-state index is 0.0711. The first-order chi connectivity index (χ1) is 10.6. The molecular weight excluding hydrogens is 288 g/mol. The molecule has 5 heteroatoms. The van der Waals surface area contributed by atoms with E-state index in [1.807, 2.05) is 30.3 Å². The fraction of sp³-hybridized carbons (Fsp3) is 0.235. The standard InChI is InChI=1S/C17H17F2NO2/c18-14-6-7-16(19)15(12-14)17(22)20(10-11-21)9-8-13-4-2-1-3-5-13/h1-7,12,21H,8-11H2. The zero-order valence-electron chi connectivity index (χ0n) is 12.0. The van der Waals surface area contributed by atoms with Crippen LogP contribution in [0.5, 0.6) is 0 Å². The van der Waals surface area contributed by atoms with Crippen LogP contribution in [0, 0.1) is 11.6 Å². The molecule has 2 rings (SSSR count). The highest BCUT2D eigenvalue weighted by Crippen LogP contribution is 2.13. The van der Waals surface area contributed by atoms with E-state index in [1.54, 1.807) is 0 Å². The van der Waals surface area contributed by atoms with Gasteiger partial charge >= 0.3 is 0 Å². The Bertz CT molecular complexity index is 632. The van der Waals surface area contributed by atoms with Crippen LogP contribution in [0.2, 0.25) is 0 Å². The molecule has 0 aromatic heterocycles. The van der Waals surface area contributed by atoms with E-state index in [4.69, 9.17) is 5.11 Å². The molecule has 22 heavy (non-hydrogen) atoms. The van der Waals surface area contributed by atoms with Crippen molar-refractivity contribution in [3.63, 3.8) is 0 Å². The summed E-state index contributed by atoms with van der Waals surface area (Å²) in [5, 5.41) is 9.09. The van der Waals surface area contributed by atoms with Gasteiger partial charge in [-0.15, -0.1) is 0 Å². The lowest BCUT2D eigenvalue weighted by Gasteiger charge is -2.22. The Morgan fingerprint density at radius 2 is 1.77 bits per heavy atom. The maximum atomic E-state index is 13.7. The summed E-state index contributed by atoms with van der Waals surface area (Å²) in [5.74, 6) is -2.06. The third-order valence-electron chi connectivity index (χ3n) is 3.33. The SMILES string of the molecule is O=C(c1cc(F)ccc1F)N(CCO)CCc1ccccc1. The Labute approximate surface area is 127 Å². The maximum Gasteiger partial charge on any atom is 0.257 e. The van der Waals surface area contributed by atoms with Crippen molar-refractivity contribution in [2.75, 3.05) is 19.7 Å². The highest BCUT2D eigenvalue weighted by molar-refractivity contribution is 5.94. The van der Waals surface area contributed by atoms with E-state index in [9.17, 15) is 13.6 Å². The quantitative estimate of drug-likeness (QED) is 0.891. The summed E-state index contributed by atoms with van der Waals surface area (Å²) in [5.41, 5.74) is 0.708. The van der Waals surface area contributed by atoms with Crippen LogP contribution >= 0.6 is 0 Å². The van der Waals surface area contributed by atoms with Crippen molar-refractivity contribution < 1.29 is 18.7 Å². The second-order valence-electron chi connectivity index (χ2n) is 4.88. The third kappa shape index (κ3) is 4.11. The fourth-order valence-corrected chi connectivity index (χ4v) is 2.18. The first kappa shape index (κ1) is 16.1. The first-order valence-electron chi connectivity index (χ1n) is 7.01. The first-order valence-corrected chi connectivity index (χ1v) is 7.01. The number of benzene rings is 2. The minimum Gasteiger partial charge on any atom is -0.395 e. The van der Waals surface area contributed by atoms with E-state index in [2.05, 4.69) is 0 Å². The van der Waals surface area contributed by atoms with Gasteiger partial charge in [-0.3, -0.25) is 4.79 Å². The van der Waals surface area contributed by atoms with E-state index >= 15 is 0 Å². The monoisotopic (exact) mass is 305 g/mol.